The quantitative estimate of drug-likeness (QED) is 0.711. The van der Waals surface area contributed by atoms with Crippen molar-refractivity contribution >= 4 is 17.5 Å². The van der Waals surface area contributed by atoms with Gasteiger partial charge in [0.25, 0.3) is 0 Å². The first-order valence-electron chi connectivity index (χ1n) is 11.1. The van der Waals surface area contributed by atoms with Crippen LogP contribution in [0.1, 0.15) is 79.6 Å². The van der Waals surface area contributed by atoms with E-state index in [2.05, 4.69) is 13.8 Å². The molecule has 1 unspecified atom stereocenters. The summed E-state index contributed by atoms with van der Waals surface area (Å²) >= 11 is 0. The van der Waals surface area contributed by atoms with E-state index in [0.717, 1.165) is 24.8 Å². The van der Waals surface area contributed by atoms with Gasteiger partial charge in [-0.05, 0) is 63.4 Å². The molecule has 4 aliphatic carbocycles. The average molecular weight is 403 g/mol. The molecule has 3 saturated carbocycles. The van der Waals surface area contributed by atoms with E-state index in [1.165, 1.54) is 6.92 Å². The number of hydrogen-bond donors (Lipinski definition) is 1. The first-order chi connectivity index (χ1) is 13.4. The molecule has 0 aromatic heterocycles. The van der Waals surface area contributed by atoms with Crippen LogP contribution in [0.5, 0.6) is 0 Å². The zero-order valence-electron chi connectivity index (χ0n) is 18.3. The second-order valence-electron chi connectivity index (χ2n) is 10.6. The number of hydrogen-bond acceptors (Lipinski definition) is 5. The molecule has 4 rings (SSSR count). The SMILES string of the molecule is CC(=O)O[C@]1(C(C)=O)C(C)C[C@H]2[C@@H]3CCC4=CC(=O)CC[C@]4(C)[C@@]3(O)CC[C@@]21C. The Balaban J connectivity index is 1.79. The van der Waals surface area contributed by atoms with E-state index < -0.39 is 28.0 Å². The van der Waals surface area contributed by atoms with Crippen molar-refractivity contribution in [3.8, 4) is 0 Å². The summed E-state index contributed by atoms with van der Waals surface area (Å²) in [6, 6.07) is 0. The Labute approximate surface area is 173 Å². The maximum Gasteiger partial charge on any atom is 0.303 e. The molecule has 0 heterocycles. The summed E-state index contributed by atoms with van der Waals surface area (Å²) < 4.78 is 5.88. The fourth-order valence-electron chi connectivity index (χ4n) is 8.10. The summed E-state index contributed by atoms with van der Waals surface area (Å²) in [4.78, 5) is 37.0. The molecule has 0 radical (unpaired) electrons. The zero-order chi connectivity index (χ0) is 21.4. The smallest absolute Gasteiger partial charge is 0.303 e. The number of aliphatic hydroxyl groups is 1. The fourth-order valence-corrected chi connectivity index (χ4v) is 8.10. The number of Topliss-reactive ketones (excluding diaryl/α,β-unsaturated/α-hetero) is 1. The van der Waals surface area contributed by atoms with Crippen molar-refractivity contribution in [3.63, 3.8) is 0 Å². The number of fused-ring (bicyclic) bond motifs is 5. The van der Waals surface area contributed by atoms with Crippen LogP contribution in [0, 0.1) is 28.6 Å². The van der Waals surface area contributed by atoms with E-state index in [4.69, 9.17) is 4.74 Å². The highest BCUT2D eigenvalue weighted by molar-refractivity contribution is 5.92. The van der Waals surface area contributed by atoms with E-state index >= 15 is 0 Å². The lowest BCUT2D eigenvalue weighted by molar-refractivity contribution is -0.219. The molecule has 29 heavy (non-hydrogen) atoms. The Morgan fingerprint density at radius 3 is 2.41 bits per heavy atom. The lowest BCUT2D eigenvalue weighted by Crippen LogP contribution is -2.66. The number of ether oxygens (including phenoxy) is 1. The predicted molar refractivity (Wildman–Crippen MR) is 108 cm³/mol. The van der Waals surface area contributed by atoms with Crippen molar-refractivity contribution in [3.05, 3.63) is 11.6 Å². The number of carbonyl (C=O) groups is 3. The van der Waals surface area contributed by atoms with Crippen LogP contribution in [0.2, 0.25) is 0 Å². The van der Waals surface area contributed by atoms with Gasteiger partial charge in [-0.3, -0.25) is 14.4 Å². The van der Waals surface area contributed by atoms with E-state index in [1.807, 2.05) is 6.92 Å². The normalized spacial score (nSPS) is 48.8. The lowest BCUT2D eigenvalue weighted by Gasteiger charge is -2.63. The lowest BCUT2D eigenvalue weighted by atomic mass is 9.44. The van der Waals surface area contributed by atoms with E-state index in [0.29, 0.717) is 25.7 Å². The topological polar surface area (TPSA) is 80.7 Å². The van der Waals surface area contributed by atoms with Gasteiger partial charge < -0.3 is 9.84 Å². The van der Waals surface area contributed by atoms with Gasteiger partial charge in [-0.1, -0.05) is 26.3 Å². The maximum atomic E-state index is 13.0. The van der Waals surface area contributed by atoms with Gasteiger partial charge >= 0.3 is 5.97 Å². The van der Waals surface area contributed by atoms with Gasteiger partial charge in [0, 0.05) is 30.1 Å². The Morgan fingerprint density at radius 2 is 1.79 bits per heavy atom. The third kappa shape index (κ3) is 2.40. The molecule has 0 amide bonds. The highest BCUT2D eigenvalue weighted by Gasteiger charge is 2.73. The van der Waals surface area contributed by atoms with Crippen LogP contribution in [0.3, 0.4) is 0 Å². The monoisotopic (exact) mass is 402 g/mol. The van der Waals surface area contributed by atoms with Crippen LogP contribution in [-0.4, -0.2) is 33.8 Å². The van der Waals surface area contributed by atoms with Crippen molar-refractivity contribution in [2.75, 3.05) is 0 Å². The predicted octanol–water partition coefficient (Wildman–Crippen LogP) is 3.77. The Morgan fingerprint density at radius 1 is 1.10 bits per heavy atom. The van der Waals surface area contributed by atoms with Gasteiger partial charge in [-0.25, -0.2) is 0 Å². The minimum absolute atomic E-state index is 0.0378. The summed E-state index contributed by atoms with van der Waals surface area (Å²) in [5, 5.41) is 12.1. The van der Waals surface area contributed by atoms with Gasteiger partial charge in [0.1, 0.15) is 0 Å². The molecule has 0 spiro atoms. The molecule has 0 bridgehead atoms. The molecule has 0 aromatic rings. The molecule has 5 heteroatoms. The Hall–Kier alpha value is -1.49. The van der Waals surface area contributed by atoms with Crippen LogP contribution >= 0.6 is 0 Å². The minimum Gasteiger partial charge on any atom is -0.450 e. The first kappa shape index (κ1) is 20.8. The molecule has 0 aromatic carbocycles. The van der Waals surface area contributed by atoms with Gasteiger partial charge in [0.2, 0.25) is 0 Å². The standard InChI is InChI=1S/C24H34O5/c1-14-12-20-19-7-6-17-13-18(27)8-9-21(17,4)23(19,28)11-10-22(20,5)24(14,15(2)25)29-16(3)26/h13-14,19-20,28H,6-12H2,1-5H3/t14?,19-,20-,21-,22-,23+,24-/m0/s1. The summed E-state index contributed by atoms with van der Waals surface area (Å²) in [6.07, 6.45) is 6.55. The zero-order valence-corrected chi connectivity index (χ0v) is 18.3. The summed E-state index contributed by atoms with van der Waals surface area (Å²) in [6.45, 7) is 9.17. The summed E-state index contributed by atoms with van der Waals surface area (Å²) in [5.74, 6) is -0.270. The van der Waals surface area contributed by atoms with Crippen LogP contribution in [0.4, 0.5) is 0 Å². The third-order valence-electron chi connectivity index (χ3n) is 9.52. The maximum absolute atomic E-state index is 13.0. The molecular weight excluding hydrogens is 368 g/mol. The number of ketones is 2. The molecule has 5 nitrogen and oxygen atoms in total. The van der Waals surface area contributed by atoms with Gasteiger partial charge in [0.15, 0.2) is 17.2 Å². The van der Waals surface area contributed by atoms with Crippen LogP contribution in [-0.2, 0) is 19.1 Å². The largest absolute Gasteiger partial charge is 0.450 e. The van der Waals surface area contributed by atoms with Gasteiger partial charge in [0.05, 0.1) is 5.60 Å². The van der Waals surface area contributed by atoms with E-state index in [9.17, 15) is 19.5 Å². The second kappa shape index (κ2) is 6.26. The summed E-state index contributed by atoms with van der Waals surface area (Å²) in [7, 11) is 0. The second-order valence-corrected chi connectivity index (χ2v) is 10.6. The highest BCUT2D eigenvalue weighted by Crippen LogP contribution is 2.70. The Kier molecular flexibility index (Phi) is 4.48. The Bertz CT molecular complexity index is 814. The highest BCUT2D eigenvalue weighted by atomic mass is 16.6. The molecule has 3 fully saturated rings. The number of rotatable bonds is 2. The van der Waals surface area contributed by atoms with Crippen molar-refractivity contribution in [1.82, 2.24) is 0 Å². The third-order valence-corrected chi connectivity index (χ3v) is 9.52. The van der Waals surface area contributed by atoms with Crippen LogP contribution < -0.4 is 0 Å². The number of carbonyl (C=O) groups excluding carboxylic acids is 3. The fraction of sp³-hybridized carbons (Fsp3) is 0.792. The average Bonchev–Trinajstić information content (AvgIpc) is 2.85. The van der Waals surface area contributed by atoms with Crippen LogP contribution in [0.15, 0.2) is 11.6 Å². The van der Waals surface area contributed by atoms with E-state index in [1.54, 1.807) is 13.0 Å². The van der Waals surface area contributed by atoms with Crippen molar-refractivity contribution < 1.29 is 24.2 Å². The molecule has 1 N–H and O–H groups in total. The molecule has 0 saturated heterocycles. The minimum atomic E-state index is -1.12. The van der Waals surface area contributed by atoms with Crippen molar-refractivity contribution in [2.45, 2.75) is 90.8 Å². The first-order valence-corrected chi connectivity index (χ1v) is 11.1. The van der Waals surface area contributed by atoms with Crippen molar-refractivity contribution in [2.24, 2.45) is 28.6 Å². The molecule has 0 aliphatic heterocycles. The molecular formula is C24H34O5. The van der Waals surface area contributed by atoms with Crippen LogP contribution in [0.25, 0.3) is 0 Å². The summed E-state index contributed by atoms with van der Waals surface area (Å²) in [5.41, 5.74) is -1.78. The van der Waals surface area contributed by atoms with Gasteiger partial charge in [-0.15, -0.1) is 0 Å². The van der Waals surface area contributed by atoms with E-state index in [-0.39, 0.29) is 29.3 Å². The van der Waals surface area contributed by atoms with Gasteiger partial charge in [-0.2, -0.15) is 0 Å². The number of esters is 1. The molecule has 4 aliphatic rings. The molecule has 7 atom stereocenters. The molecule has 160 valence electrons. The van der Waals surface area contributed by atoms with Crippen molar-refractivity contribution in [1.29, 1.82) is 0 Å².